The van der Waals surface area contributed by atoms with Gasteiger partial charge >= 0.3 is 15.6 Å². The van der Waals surface area contributed by atoms with Crippen LogP contribution in [0.25, 0.3) is 0 Å². The molecule has 0 spiro atoms. The van der Waals surface area contributed by atoms with E-state index >= 15 is 0 Å². The van der Waals surface area contributed by atoms with Gasteiger partial charge in [-0.2, -0.15) is 21.6 Å². The lowest BCUT2D eigenvalue weighted by Crippen LogP contribution is -2.42. The van der Waals surface area contributed by atoms with Gasteiger partial charge in [0.1, 0.15) is 6.10 Å². The topological polar surface area (TPSA) is 43.4 Å². The van der Waals surface area contributed by atoms with E-state index in [1.54, 1.807) is 0 Å². The zero-order valence-electron chi connectivity index (χ0n) is 7.93. The van der Waals surface area contributed by atoms with Gasteiger partial charge in [0.2, 0.25) is 0 Å². The van der Waals surface area contributed by atoms with Crippen molar-refractivity contribution in [3.8, 4) is 0 Å². The first-order valence-electron chi connectivity index (χ1n) is 4.44. The Morgan fingerprint density at radius 1 is 1.19 bits per heavy atom. The average Bonchev–Trinajstić information content (AvgIpc) is 2.06. The summed E-state index contributed by atoms with van der Waals surface area (Å²) in [4.78, 5) is 0. The van der Waals surface area contributed by atoms with E-state index in [-0.39, 0.29) is 12.8 Å². The Balaban J connectivity index is 2.81. The molecule has 1 atom stereocenters. The van der Waals surface area contributed by atoms with E-state index in [9.17, 15) is 30.4 Å². The van der Waals surface area contributed by atoms with Gasteiger partial charge in [-0.05, 0) is 12.8 Å². The minimum atomic E-state index is -5.95. The predicted molar refractivity (Wildman–Crippen MR) is 43.3 cm³/mol. The fourth-order valence-corrected chi connectivity index (χ4v) is 2.04. The monoisotopic (exact) mass is 268 g/mol. The van der Waals surface area contributed by atoms with Crippen LogP contribution in [-0.2, 0) is 14.3 Å². The Kier molecular flexibility index (Phi) is 3.49. The number of halogens is 5. The molecule has 1 fully saturated rings. The predicted octanol–water partition coefficient (Wildman–Crippen LogP) is 2.43. The Bertz CT molecular complexity index is 348. The Morgan fingerprint density at radius 3 is 2.19 bits per heavy atom. The molecule has 1 saturated carbocycles. The quantitative estimate of drug-likeness (QED) is 0.439. The van der Waals surface area contributed by atoms with Crippen molar-refractivity contribution in [1.29, 1.82) is 0 Å². The first-order chi connectivity index (χ1) is 7.06. The van der Waals surface area contributed by atoms with Crippen molar-refractivity contribution in [3.63, 3.8) is 0 Å². The summed E-state index contributed by atoms with van der Waals surface area (Å²) in [5, 5.41) is 0. The molecule has 1 aliphatic rings. The molecule has 0 aromatic carbocycles. The molecule has 0 radical (unpaired) electrons. The van der Waals surface area contributed by atoms with Crippen LogP contribution in [0.3, 0.4) is 0 Å². The first-order valence-corrected chi connectivity index (χ1v) is 5.84. The highest BCUT2D eigenvalue weighted by molar-refractivity contribution is 7.87. The van der Waals surface area contributed by atoms with E-state index in [0.29, 0.717) is 0 Å². The zero-order valence-corrected chi connectivity index (χ0v) is 8.75. The summed E-state index contributed by atoms with van der Waals surface area (Å²) in [6.45, 7) is 0. The van der Waals surface area contributed by atoms with Crippen molar-refractivity contribution in [3.05, 3.63) is 0 Å². The molecule has 16 heavy (non-hydrogen) atoms. The largest absolute Gasteiger partial charge is 0.523 e. The van der Waals surface area contributed by atoms with Crippen LogP contribution >= 0.6 is 0 Å². The molecule has 1 aliphatic carbocycles. The van der Waals surface area contributed by atoms with E-state index < -0.39 is 40.5 Å². The summed E-state index contributed by atoms with van der Waals surface area (Å²) in [5.41, 5.74) is -5.67. The minimum absolute atomic E-state index is 0.138. The standard InChI is InChI=1S/C7H9F5O3S/c8-6(9)4-2-1-3-5(6)15-16(13,14)7(10,11)12/h5H,1-4H2. The highest BCUT2D eigenvalue weighted by Gasteiger charge is 2.53. The maximum atomic E-state index is 13.0. The Labute approximate surface area is 88.7 Å². The number of alkyl halides is 5. The van der Waals surface area contributed by atoms with Gasteiger partial charge in [0.05, 0.1) is 0 Å². The van der Waals surface area contributed by atoms with Crippen LogP contribution < -0.4 is 0 Å². The van der Waals surface area contributed by atoms with Gasteiger partial charge in [-0.15, -0.1) is 0 Å². The molecule has 0 aliphatic heterocycles. The van der Waals surface area contributed by atoms with Gasteiger partial charge in [-0.3, -0.25) is 4.18 Å². The van der Waals surface area contributed by atoms with Crippen LogP contribution in [0.2, 0.25) is 0 Å². The second-order valence-corrected chi connectivity index (χ2v) is 5.06. The van der Waals surface area contributed by atoms with Gasteiger partial charge in [0.25, 0.3) is 5.92 Å². The fourth-order valence-electron chi connectivity index (χ4n) is 1.39. The molecule has 0 aromatic rings. The van der Waals surface area contributed by atoms with Crippen LogP contribution in [0.1, 0.15) is 25.7 Å². The fraction of sp³-hybridized carbons (Fsp3) is 1.00. The third kappa shape index (κ3) is 2.82. The molecule has 0 amide bonds. The lowest BCUT2D eigenvalue weighted by molar-refractivity contribution is -0.128. The number of rotatable bonds is 2. The van der Waals surface area contributed by atoms with Crippen molar-refractivity contribution in [2.75, 3.05) is 0 Å². The lowest BCUT2D eigenvalue weighted by atomic mass is 9.94. The molecule has 0 bridgehead atoms. The molecule has 0 N–H and O–H groups in total. The van der Waals surface area contributed by atoms with Crippen LogP contribution in [0.5, 0.6) is 0 Å². The van der Waals surface area contributed by atoms with Crippen molar-refractivity contribution < 1.29 is 34.6 Å². The van der Waals surface area contributed by atoms with E-state index in [0.717, 1.165) is 0 Å². The molecule has 0 saturated heterocycles. The number of hydrogen-bond donors (Lipinski definition) is 0. The summed E-state index contributed by atoms with van der Waals surface area (Å²) >= 11 is 0. The normalized spacial score (nSPS) is 26.7. The zero-order chi connectivity index (χ0) is 12.6. The molecule has 0 heterocycles. The molecule has 9 heteroatoms. The maximum Gasteiger partial charge on any atom is 0.523 e. The Hall–Kier alpha value is -0.440. The summed E-state index contributed by atoms with van der Waals surface area (Å²) in [6.07, 6.45) is -2.92. The van der Waals surface area contributed by atoms with E-state index in [1.807, 2.05) is 0 Å². The van der Waals surface area contributed by atoms with E-state index in [2.05, 4.69) is 4.18 Å². The average molecular weight is 268 g/mol. The maximum absolute atomic E-state index is 13.0. The third-order valence-electron chi connectivity index (χ3n) is 2.22. The molecule has 1 unspecified atom stereocenters. The Morgan fingerprint density at radius 2 is 1.75 bits per heavy atom. The highest BCUT2D eigenvalue weighted by atomic mass is 32.2. The van der Waals surface area contributed by atoms with E-state index in [1.165, 1.54) is 0 Å². The lowest BCUT2D eigenvalue weighted by Gasteiger charge is -2.30. The van der Waals surface area contributed by atoms with Crippen LogP contribution in [0.4, 0.5) is 22.0 Å². The molecular formula is C7H9F5O3S. The summed E-state index contributed by atoms with van der Waals surface area (Å²) in [5.74, 6) is -3.53. The minimum Gasteiger partial charge on any atom is -0.253 e. The SMILES string of the molecule is O=S(=O)(OC1CCCCC1(F)F)C(F)(F)F. The van der Waals surface area contributed by atoms with Gasteiger partial charge in [-0.1, -0.05) is 6.42 Å². The molecular weight excluding hydrogens is 259 g/mol. The molecule has 0 aromatic heterocycles. The summed E-state index contributed by atoms with van der Waals surface area (Å²) < 4.78 is 86.3. The molecule has 1 rings (SSSR count). The highest BCUT2D eigenvalue weighted by Crippen LogP contribution is 2.38. The number of hydrogen-bond acceptors (Lipinski definition) is 3. The van der Waals surface area contributed by atoms with Gasteiger partial charge < -0.3 is 0 Å². The van der Waals surface area contributed by atoms with Gasteiger partial charge in [0.15, 0.2) is 0 Å². The molecule has 3 nitrogen and oxygen atoms in total. The van der Waals surface area contributed by atoms with Crippen LogP contribution in [0.15, 0.2) is 0 Å². The smallest absolute Gasteiger partial charge is 0.253 e. The van der Waals surface area contributed by atoms with Crippen molar-refractivity contribution in [2.45, 2.75) is 43.2 Å². The van der Waals surface area contributed by atoms with E-state index in [4.69, 9.17) is 0 Å². The van der Waals surface area contributed by atoms with Crippen LogP contribution in [0, 0.1) is 0 Å². The van der Waals surface area contributed by atoms with Crippen LogP contribution in [-0.4, -0.2) is 26.0 Å². The van der Waals surface area contributed by atoms with Crippen molar-refractivity contribution in [2.24, 2.45) is 0 Å². The van der Waals surface area contributed by atoms with Crippen molar-refractivity contribution >= 4 is 10.1 Å². The van der Waals surface area contributed by atoms with Gasteiger partial charge in [-0.25, -0.2) is 8.78 Å². The van der Waals surface area contributed by atoms with Gasteiger partial charge in [0, 0.05) is 6.42 Å². The second kappa shape index (κ2) is 4.10. The first kappa shape index (κ1) is 13.6. The van der Waals surface area contributed by atoms with Crippen molar-refractivity contribution in [1.82, 2.24) is 0 Å². The summed E-state index contributed by atoms with van der Waals surface area (Å²) in [6, 6.07) is 0. The summed E-state index contributed by atoms with van der Waals surface area (Å²) in [7, 11) is -5.95. The third-order valence-corrected chi connectivity index (χ3v) is 3.28. The molecule has 96 valence electrons. The second-order valence-electron chi connectivity index (χ2n) is 3.49.